The van der Waals surface area contributed by atoms with Crippen LogP contribution in [-0.4, -0.2) is 25.7 Å². The molecular formula is C19H21FN6O2S. The molecule has 0 aliphatic carbocycles. The third kappa shape index (κ3) is 4.36. The summed E-state index contributed by atoms with van der Waals surface area (Å²) in [7, 11) is -1.72. The van der Waals surface area contributed by atoms with E-state index in [1.165, 1.54) is 16.8 Å². The number of amides is 1. The number of aryl methyl sites for hydroxylation is 1. The van der Waals surface area contributed by atoms with Crippen molar-refractivity contribution in [3.63, 3.8) is 0 Å². The summed E-state index contributed by atoms with van der Waals surface area (Å²) in [4.78, 5) is 16.5. The maximum atomic E-state index is 13.6. The molecule has 2 aromatic rings. The van der Waals surface area contributed by atoms with E-state index in [0.717, 1.165) is 6.07 Å². The van der Waals surface area contributed by atoms with E-state index in [1.54, 1.807) is 25.3 Å². The van der Waals surface area contributed by atoms with Crippen LogP contribution in [0.15, 0.2) is 29.3 Å². The number of hydrogen-bond donors (Lipinski definition) is 3. The Kier molecular flexibility index (Phi) is 5.55. The van der Waals surface area contributed by atoms with Gasteiger partial charge in [-0.3, -0.25) is 4.79 Å². The lowest BCUT2D eigenvalue weighted by atomic mass is 10.0. The van der Waals surface area contributed by atoms with Crippen molar-refractivity contribution in [1.82, 2.24) is 14.3 Å². The highest BCUT2D eigenvalue weighted by molar-refractivity contribution is 7.90. The minimum absolute atomic E-state index is 0.0778. The van der Waals surface area contributed by atoms with Crippen molar-refractivity contribution in [2.24, 2.45) is 13.0 Å². The molecule has 0 spiro atoms. The van der Waals surface area contributed by atoms with E-state index in [4.69, 9.17) is 10.0 Å². The topological polar surface area (TPSA) is 124 Å². The number of rotatable bonds is 4. The molecule has 0 aromatic carbocycles. The van der Waals surface area contributed by atoms with Crippen molar-refractivity contribution in [3.05, 3.63) is 47.3 Å². The van der Waals surface area contributed by atoms with Gasteiger partial charge in [0, 0.05) is 36.6 Å². The van der Waals surface area contributed by atoms with Crippen molar-refractivity contribution >= 4 is 27.6 Å². The number of hydrogen-bond acceptors (Lipinski definition) is 5. The Balaban J connectivity index is 2.01. The lowest BCUT2D eigenvalue weighted by Gasteiger charge is -2.17. The molecule has 10 heteroatoms. The summed E-state index contributed by atoms with van der Waals surface area (Å²) in [6, 6.07) is 3.72. The molecule has 0 saturated heterocycles. The summed E-state index contributed by atoms with van der Waals surface area (Å²) in [5.74, 6) is -1.14. The Morgan fingerprint density at radius 1 is 1.52 bits per heavy atom. The van der Waals surface area contributed by atoms with Gasteiger partial charge in [-0.1, -0.05) is 26.0 Å². The molecule has 1 amide bonds. The number of nitrogens with one attached hydrogen (secondary N) is 3. The standard InChI is InChI=1S/C19H21FN6O2S/c1-11(2)6-12-4-5-15-16(29(22,28)25-12)10-26(3)18(15)19(27)24-13-7-14(9-21)23-17(20)8-13/h4-5,7-8,10-12H,6H2,1-3H3,(H2,22,25,28)(H,23,24,27). The molecule has 2 unspecified atom stereocenters. The first-order valence-corrected chi connectivity index (χ1v) is 10.5. The number of halogens is 1. The first-order valence-electron chi connectivity index (χ1n) is 8.93. The summed E-state index contributed by atoms with van der Waals surface area (Å²) in [6.45, 7) is 4.06. The Labute approximate surface area is 168 Å². The van der Waals surface area contributed by atoms with Crippen LogP contribution in [-0.2, 0) is 17.0 Å². The molecule has 1 aliphatic heterocycles. The van der Waals surface area contributed by atoms with E-state index in [-0.39, 0.29) is 28.0 Å². The average molecular weight is 416 g/mol. The second-order valence-corrected chi connectivity index (χ2v) is 9.05. The number of nitrogens with zero attached hydrogens (tertiary/aromatic N) is 3. The van der Waals surface area contributed by atoms with Gasteiger partial charge in [0.25, 0.3) is 5.91 Å². The second kappa shape index (κ2) is 7.77. The maximum Gasteiger partial charge on any atom is 0.272 e. The molecule has 0 radical (unpaired) electrons. The molecule has 3 N–H and O–H groups in total. The normalized spacial score (nSPS) is 20.8. The van der Waals surface area contributed by atoms with E-state index >= 15 is 0 Å². The van der Waals surface area contributed by atoms with Crippen LogP contribution in [0.3, 0.4) is 0 Å². The molecule has 1 aliphatic rings. The van der Waals surface area contributed by atoms with E-state index in [0.29, 0.717) is 17.9 Å². The van der Waals surface area contributed by atoms with Gasteiger partial charge in [0.2, 0.25) is 5.95 Å². The van der Waals surface area contributed by atoms with E-state index in [9.17, 15) is 13.4 Å². The fourth-order valence-corrected chi connectivity index (χ4v) is 4.78. The molecule has 2 aromatic heterocycles. The Hall–Kier alpha value is -3.03. The van der Waals surface area contributed by atoms with Crippen molar-refractivity contribution in [2.45, 2.75) is 31.2 Å². The van der Waals surface area contributed by atoms with Crippen LogP contribution >= 0.6 is 0 Å². The number of nitriles is 1. The number of anilines is 1. The largest absolute Gasteiger partial charge is 0.345 e. The van der Waals surface area contributed by atoms with Crippen LogP contribution in [0.5, 0.6) is 0 Å². The van der Waals surface area contributed by atoms with Crippen LogP contribution < -0.4 is 10.0 Å². The highest BCUT2D eigenvalue weighted by Gasteiger charge is 2.28. The fourth-order valence-electron chi connectivity index (χ4n) is 3.27. The third-order valence-electron chi connectivity index (χ3n) is 4.41. The molecule has 0 bridgehead atoms. The molecule has 8 nitrogen and oxygen atoms in total. The molecule has 3 heterocycles. The molecule has 0 fully saturated rings. The SMILES string of the molecule is CC(C)CC1C=Cc2c(cn(C)c2C(=O)Nc2cc(F)nc(C#N)c2)S(=N)(=O)N1. The number of fused-ring (bicyclic) bond motifs is 1. The molecular weight excluding hydrogens is 395 g/mol. The highest BCUT2D eigenvalue weighted by Crippen LogP contribution is 2.28. The quantitative estimate of drug-likeness (QED) is 0.663. The molecule has 3 rings (SSSR count). The zero-order chi connectivity index (χ0) is 21.3. The predicted molar refractivity (Wildman–Crippen MR) is 107 cm³/mol. The van der Waals surface area contributed by atoms with Gasteiger partial charge < -0.3 is 9.88 Å². The van der Waals surface area contributed by atoms with Crippen LogP contribution in [0.1, 0.15) is 42.0 Å². The smallest absolute Gasteiger partial charge is 0.272 e. The first kappa shape index (κ1) is 20.7. The fraction of sp³-hybridized carbons (Fsp3) is 0.316. The van der Waals surface area contributed by atoms with Gasteiger partial charge in [0.05, 0.1) is 4.90 Å². The van der Waals surface area contributed by atoms with Crippen molar-refractivity contribution in [3.8, 4) is 6.07 Å². The van der Waals surface area contributed by atoms with Gasteiger partial charge in [-0.15, -0.1) is 0 Å². The third-order valence-corrected chi connectivity index (χ3v) is 5.99. The summed E-state index contributed by atoms with van der Waals surface area (Å²) >= 11 is 0. The lowest BCUT2D eigenvalue weighted by Crippen LogP contribution is -2.32. The van der Waals surface area contributed by atoms with Crippen molar-refractivity contribution in [1.29, 1.82) is 10.0 Å². The Bertz CT molecular complexity index is 1140. The molecule has 2 atom stereocenters. The maximum absolute atomic E-state index is 13.6. The zero-order valence-electron chi connectivity index (χ0n) is 16.2. The lowest BCUT2D eigenvalue weighted by molar-refractivity contribution is 0.101. The molecule has 29 heavy (non-hydrogen) atoms. The Morgan fingerprint density at radius 2 is 2.24 bits per heavy atom. The van der Waals surface area contributed by atoms with E-state index in [2.05, 4.69) is 15.0 Å². The van der Waals surface area contributed by atoms with E-state index in [1.807, 2.05) is 13.8 Å². The van der Waals surface area contributed by atoms with Crippen molar-refractivity contribution < 1.29 is 13.4 Å². The summed E-state index contributed by atoms with van der Waals surface area (Å²) in [6.07, 6.45) is 5.68. The highest BCUT2D eigenvalue weighted by atomic mass is 32.2. The van der Waals surface area contributed by atoms with Gasteiger partial charge in [0.15, 0.2) is 0 Å². The number of aromatic nitrogens is 2. The van der Waals surface area contributed by atoms with Crippen LogP contribution in [0.25, 0.3) is 6.08 Å². The average Bonchev–Trinajstić information content (AvgIpc) is 2.90. The minimum atomic E-state index is -3.33. The first-order chi connectivity index (χ1) is 13.6. The molecule has 0 saturated carbocycles. The van der Waals surface area contributed by atoms with Gasteiger partial charge in [-0.25, -0.2) is 18.7 Å². The second-order valence-electron chi connectivity index (χ2n) is 7.27. The number of carbonyl (C=O) groups is 1. The summed E-state index contributed by atoms with van der Waals surface area (Å²) in [5.41, 5.74) is 0.465. The molecule has 152 valence electrons. The van der Waals surface area contributed by atoms with Crippen LogP contribution in [0.4, 0.5) is 10.1 Å². The van der Waals surface area contributed by atoms with Crippen LogP contribution in [0.2, 0.25) is 0 Å². The van der Waals surface area contributed by atoms with Gasteiger partial charge >= 0.3 is 0 Å². The zero-order valence-corrected chi connectivity index (χ0v) is 17.0. The number of carbonyl (C=O) groups excluding carboxylic acids is 1. The van der Waals surface area contributed by atoms with Crippen LogP contribution in [0, 0.1) is 28.0 Å². The monoisotopic (exact) mass is 416 g/mol. The van der Waals surface area contributed by atoms with Gasteiger partial charge in [-0.05, 0) is 18.4 Å². The predicted octanol–water partition coefficient (Wildman–Crippen LogP) is 3.03. The summed E-state index contributed by atoms with van der Waals surface area (Å²) in [5, 5.41) is 11.5. The minimum Gasteiger partial charge on any atom is -0.345 e. The Morgan fingerprint density at radius 3 is 2.90 bits per heavy atom. The number of pyridine rings is 1. The van der Waals surface area contributed by atoms with E-state index < -0.39 is 21.8 Å². The van der Waals surface area contributed by atoms with Gasteiger partial charge in [-0.2, -0.15) is 9.65 Å². The summed E-state index contributed by atoms with van der Waals surface area (Å²) < 4.78 is 39.2. The van der Waals surface area contributed by atoms with Gasteiger partial charge in [0.1, 0.15) is 27.4 Å². The van der Waals surface area contributed by atoms with Crippen molar-refractivity contribution in [2.75, 3.05) is 5.32 Å².